The summed E-state index contributed by atoms with van der Waals surface area (Å²) in [5.41, 5.74) is 0.933. The molecule has 0 saturated carbocycles. The summed E-state index contributed by atoms with van der Waals surface area (Å²) in [7, 11) is 0.537. The van der Waals surface area contributed by atoms with E-state index in [9.17, 15) is 18.0 Å². The van der Waals surface area contributed by atoms with Crippen molar-refractivity contribution in [2.45, 2.75) is 26.4 Å². The van der Waals surface area contributed by atoms with Gasteiger partial charge in [-0.3, -0.25) is 13.9 Å². The molecule has 0 saturated heterocycles. The maximum absolute atomic E-state index is 13.5. The Kier molecular flexibility index (Phi) is 9.76. The normalized spacial score (nSPS) is 11.8. The van der Waals surface area contributed by atoms with Gasteiger partial charge in [0.2, 0.25) is 21.8 Å². The predicted molar refractivity (Wildman–Crippen MR) is 133 cm³/mol. The molecule has 0 heterocycles. The Bertz CT molecular complexity index is 1120. The number of ether oxygens (including phenoxy) is 3. The second-order valence-electron chi connectivity index (χ2n) is 7.75. The molecule has 2 aromatic rings. The quantitative estimate of drug-likeness (QED) is 0.468. The Morgan fingerprint density at radius 2 is 1.57 bits per heavy atom. The average Bonchev–Trinajstić information content (AvgIpc) is 2.84. The number of nitrogens with one attached hydrogen (secondary N) is 1. The Hall–Kier alpha value is -3.47. The molecule has 0 radical (unpaired) electrons. The third-order valence-corrected chi connectivity index (χ3v) is 6.49. The third kappa shape index (κ3) is 7.25. The van der Waals surface area contributed by atoms with Gasteiger partial charge in [0.1, 0.15) is 29.8 Å². The van der Waals surface area contributed by atoms with E-state index in [-0.39, 0.29) is 23.9 Å². The number of hydrogen-bond acceptors (Lipinski definition) is 7. The number of likely N-dealkylation sites (N-methyl/N-ethyl adjacent to an activating group) is 1. The Balaban J connectivity index is 2.44. The van der Waals surface area contributed by atoms with E-state index < -0.39 is 28.5 Å². The van der Waals surface area contributed by atoms with Gasteiger partial charge < -0.3 is 24.4 Å². The number of carbonyl (C=O) groups is 2. The number of carbonyl (C=O) groups excluding carboxylic acids is 2. The minimum atomic E-state index is -3.89. The fourth-order valence-corrected chi connectivity index (χ4v) is 4.27. The molecule has 35 heavy (non-hydrogen) atoms. The highest BCUT2D eigenvalue weighted by Crippen LogP contribution is 2.33. The molecule has 2 aromatic carbocycles. The van der Waals surface area contributed by atoms with Crippen molar-refractivity contribution in [1.82, 2.24) is 10.2 Å². The van der Waals surface area contributed by atoms with Crippen molar-refractivity contribution >= 4 is 27.5 Å². The van der Waals surface area contributed by atoms with E-state index in [0.717, 1.165) is 16.1 Å². The number of nitrogens with zero attached hydrogens (tertiary/aromatic N) is 2. The summed E-state index contributed by atoms with van der Waals surface area (Å²) in [6.07, 6.45) is 1.00. The largest absolute Gasteiger partial charge is 0.497 e. The van der Waals surface area contributed by atoms with Crippen LogP contribution in [-0.2, 0) is 26.2 Å². The number of sulfonamides is 1. The van der Waals surface area contributed by atoms with Gasteiger partial charge in [0.05, 0.1) is 33.3 Å². The predicted octanol–water partition coefficient (Wildman–Crippen LogP) is 2.03. The SMILES string of the molecule is CCNC(=O)[C@@H](C)N(Cc1ccc(OC)cc1)C(=O)CN(c1ccc(OC)cc1OC)S(C)(=O)=O. The van der Waals surface area contributed by atoms with Gasteiger partial charge in [-0.1, -0.05) is 12.1 Å². The van der Waals surface area contributed by atoms with Gasteiger partial charge in [-0.15, -0.1) is 0 Å². The topological polar surface area (TPSA) is 114 Å². The molecule has 10 nitrogen and oxygen atoms in total. The highest BCUT2D eigenvalue weighted by molar-refractivity contribution is 7.92. The first kappa shape index (κ1) is 27.8. The van der Waals surface area contributed by atoms with Crippen molar-refractivity contribution in [2.24, 2.45) is 0 Å². The Morgan fingerprint density at radius 3 is 2.09 bits per heavy atom. The van der Waals surface area contributed by atoms with Crippen molar-refractivity contribution in [3.8, 4) is 17.2 Å². The molecular formula is C24H33N3O7S. The van der Waals surface area contributed by atoms with Crippen LogP contribution in [-0.4, -0.2) is 71.8 Å². The van der Waals surface area contributed by atoms with E-state index in [2.05, 4.69) is 5.32 Å². The summed E-state index contributed by atoms with van der Waals surface area (Å²) in [4.78, 5) is 27.5. The molecular weight excluding hydrogens is 474 g/mol. The van der Waals surface area contributed by atoms with Crippen molar-refractivity contribution in [1.29, 1.82) is 0 Å². The summed E-state index contributed by atoms with van der Waals surface area (Å²) in [6, 6.07) is 10.8. The molecule has 0 aliphatic carbocycles. The van der Waals surface area contributed by atoms with Crippen LogP contribution in [0.5, 0.6) is 17.2 Å². The summed E-state index contributed by atoms with van der Waals surface area (Å²) < 4.78 is 42.1. The van der Waals surface area contributed by atoms with Gasteiger partial charge in [0.25, 0.3) is 0 Å². The molecule has 0 spiro atoms. The van der Waals surface area contributed by atoms with Crippen molar-refractivity contribution in [3.63, 3.8) is 0 Å². The molecule has 1 atom stereocenters. The zero-order valence-electron chi connectivity index (χ0n) is 20.9. The van der Waals surface area contributed by atoms with Crippen LogP contribution in [0, 0.1) is 0 Å². The lowest BCUT2D eigenvalue weighted by Crippen LogP contribution is -2.51. The van der Waals surface area contributed by atoms with E-state index >= 15 is 0 Å². The molecule has 0 unspecified atom stereocenters. The van der Waals surface area contributed by atoms with Crippen LogP contribution in [0.4, 0.5) is 5.69 Å². The van der Waals surface area contributed by atoms with E-state index in [1.54, 1.807) is 51.3 Å². The van der Waals surface area contributed by atoms with Crippen molar-refractivity contribution in [2.75, 3.05) is 45.0 Å². The third-order valence-electron chi connectivity index (χ3n) is 5.37. The maximum Gasteiger partial charge on any atom is 0.244 e. The molecule has 2 rings (SSSR count). The van der Waals surface area contributed by atoms with E-state index in [1.807, 2.05) is 0 Å². The second-order valence-corrected chi connectivity index (χ2v) is 9.65. The number of amides is 2. The minimum Gasteiger partial charge on any atom is -0.497 e. The number of methoxy groups -OCH3 is 3. The molecule has 0 bridgehead atoms. The molecule has 0 fully saturated rings. The molecule has 192 valence electrons. The van der Waals surface area contributed by atoms with Crippen LogP contribution in [0.15, 0.2) is 42.5 Å². The second kappa shape index (κ2) is 12.3. The first-order chi connectivity index (χ1) is 16.5. The van der Waals surface area contributed by atoms with E-state index in [4.69, 9.17) is 14.2 Å². The molecule has 1 N–H and O–H groups in total. The summed E-state index contributed by atoms with van der Waals surface area (Å²) in [5, 5.41) is 2.71. The van der Waals surface area contributed by atoms with Crippen LogP contribution in [0.1, 0.15) is 19.4 Å². The lowest BCUT2D eigenvalue weighted by atomic mass is 10.1. The van der Waals surface area contributed by atoms with Crippen LogP contribution in [0.25, 0.3) is 0 Å². The standard InChI is InChI=1S/C24H33N3O7S/c1-7-25-24(29)17(2)26(15-18-8-10-19(32-3)11-9-18)23(28)16-27(35(6,30)31)21-13-12-20(33-4)14-22(21)34-5/h8-14,17H,7,15-16H2,1-6H3,(H,25,29)/t17-/m1/s1. The summed E-state index contributed by atoms with van der Waals surface area (Å²) >= 11 is 0. The highest BCUT2D eigenvalue weighted by atomic mass is 32.2. The lowest BCUT2D eigenvalue weighted by molar-refractivity contribution is -0.139. The minimum absolute atomic E-state index is 0.0957. The van der Waals surface area contributed by atoms with Gasteiger partial charge in [-0.2, -0.15) is 0 Å². The monoisotopic (exact) mass is 507 g/mol. The summed E-state index contributed by atoms with van der Waals surface area (Å²) in [5.74, 6) is 0.445. The molecule has 0 aliphatic heterocycles. The zero-order chi connectivity index (χ0) is 26.2. The Labute approximate surface area is 206 Å². The van der Waals surface area contributed by atoms with Gasteiger partial charge in [-0.25, -0.2) is 8.42 Å². The molecule has 11 heteroatoms. The van der Waals surface area contributed by atoms with Crippen molar-refractivity contribution < 1.29 is 32.2 Å². The number of benzene rings is 2. The molecule has 0 aliphatic rings. The highest BCUT2D eigenvalue weighted by Gasteiger charge is 2.31. The van der Waals surface area contributed by atoms with Crippen LogP contribution >= 0.6 is 0 Å². The number of hydrogen-bond donors (Lipinski definition) is 1. The van der Waals surface area contributed by atoms with Crippen LogP contribution in [0.2, 0.25) is 0 Å². The Morgan fingerprint density at radius 1 is 0.971 bits per heavy atom. The van der Waals surface area contributed by atoms with Gasteiger partial charge in [0.15, 0.2) is 0 Å². The zero-order valence-corrected chi connectivity index (χ0v) is 21.7. The first-order valence-electron chi connectivity index (χ1n) is 11.0. The maximum atomic E-state index is 13.5. The average molecular weight is 508 g/mol. The van der Waals surface area contributed by atoms with Gasteiger partial charge in [-0.05, 0) is 43.7 Å². The number of anilines is 1. The lowest BCUT2D eigenvalue weighted by Gasteiger charge is -2.31. The number of rotatable bonds is 12. The van der Waals surface area contributed by atoms with Crippen LogP contribution < -0.4 is 23.8 Å². The van der Waals surface area contributed by atoms with Gasteiger partial charge in [0, 0.05) is 19.2 Å². The fourth-order valence-electron chi connectivity index (χ4n) is 3.42. The smallest absolute Gasteiger partial charge is 0.244 e. The molecule has 2 amide bonds. The first-order valence-corrected chi connectivity index (χ1v) is 12.8. The van der Waals surface area contributed by atoms with E-state index in [1.165, 1.54) is 31.3 Å². The van der Waals surface area contributed by atoms with Gasteiger partial charge >= 0.3 is 0 Å². The van der Waals surface area contributed by atoms with Crippen molar-refractivity contribution in [3.05, 3.63) is 48.0 Å². The van der Waals surface area contributed by atoms with E-state index in [0.29, 0.717) is 18.0 Å². The summed E-state index contributed by atoms with van der Waals surface area (Å²) in [6.45, 7) is 3.35. The molecule has 0 aromatic heterocycles. The van der Waals surface area contributed by atoms with Crippen LogP contribution in [0.3, 0.4) is 0 Å². The fraction of sp³-hybridized carbons (Fsp3) is 0.417.